The predicted octanol–water partition coefficient (Wildman–Crippen LogP) is 1.72. The highest BCUT2D eigenvalue weighted by Gasteiger charge is 2.32. The number of carbonyl (C=O) groups excluding carboxylic acids is 1. The molecule has 0 fully saturated rings. The van der Waals surface area contributed by atoms with Gasteiger partial charge in [-0.2, -0.15) is 0 Å². The molecule has 0 bridgehead atoms. The molecule has 1 amide bonds. The molecule has 144 valence electrons. The number of carboxylic acid groups (broad SMARTS) is 1. The minimum absolute atomic E-state index is 0.171. The Hall–Kier alpha value is -3.55. The van der Waals surface area contributed by atoms with Crippen LogP contribution in [0.15, 0.2) is 53.7 Å². The lowest BCUT2D eigenvalue weighted by atomic mass is 10.0. The van der Waals surface area contributed by atoms with Crippen LogP contribution in [0.25, 0.3) is 0 Å². The van der Waals surface area contributed by atoms with Gasteiger partial charge in [0.05, 0.1) is 5.71 Å². The third kappa shape index (κ3) is 3.75. The molecule has 2 atom stereocenters. The summed E-state index contributed by atoms with van der Waals surface area (Å²) in [5.41, 5.74) is 2.17. The number of hydrogen-bond acceptors (Lipinski definition) is 6. The maximum atomic E-state index is 12.5. The van der Waals surface area contributed by atoms with Gasteiger partial charge in [0.15, 0.2) is 11.5 Å². The summed E-state index contributed by atoms with van der Waals surface area (Å²) >= 11 is 0. The predicted molar refractivity (Wildman–Crippen MR) is 98.3 cm³/mol. The second-order valence-corrected chi connectivity index (χ2v) is 6.49. The van der Waals surface area contributed by atoms with Gasteiger partial charge in [0.2, 0.25) is 12.9 Å². The molecule has 0 aromatic heterocycles. The molecule has 2 heterocycles. The molecular formula is C20H18N2O6. The fraction of sp³-hybridized carbons (Fsp3) is 0.250. The molecule has 2 aliphatic rings. The van der Waals surface area contributed by atoms with Crippen LogP contribution in [0.1, 0.15) is 17.5 Å². The fourth-order valence-electron chi connectivity index (χ4n) is 3.08. The van der Waals surface area contributed by atoms with Crippen molar-refractivity contribution in [1.29, 1.82) is 0 Å². The Morgan fingerprint density at radius 1 is 1.14 bits per heavy atom. The highest BCUT2D eigenvalue weighted by Crippen LogP contribution is 2.33. The van der Waals surface area contributed by atoms with Crippen LogP contribution in [0.2, 0.25) is 0 Å². The van der Waals surface area contributed by atoms with Crippen LogP contribution in [-0.4, -0.2) is 41.6 Å². The summed E-state index contributed by atoms with van der Waals surface area (Å²) in [5, 5.41) is 16.0. The van der Waals surface area contributed by atoms with Gasteiger partial charge in [0.1, 0.15) is 6.04 Å². The highest BCUT2D eigenvalue weighted by molar-refractivity contribution is 6.04. The van der Waals surface area contributed by atoms with Crippen LogP contribution in [0.4, 0.5) is 0 Å². The van der Waals surface area contributed by atoms with Crippen molar-refractivity contribution in [2.75, 3.05) is 6.79 Å². The molecule has 0 saturated carbocycles. The van der Waals surface area contributed by atoms with E-state index in [9.17, 15) is 14.7 Å². The van der Waals surface area contributed by atoms with Crippen LogP contribution in [0, 0.1) is 0 Å². The van der Waals surface area contributed by atoms with Crippen molar-refractivity contribution in [3.05, 3.63) is 59.7 Å². The van der Waals surface area contributed by atoms with Crippen LogP contribution < -0.4 is 14.8 Å². The molecule has 0 aliphatic carbocycles. The third-order valence-corrected chi connectivity index (χ3v) is 4.56. The molecule has 2 aromatic rings. The first-order valence-electron chi connectivity index (χ1n) is 8.80. The maximum absolute atomic E-state index is 12.5. The molecule has 8 nitrogen and oxygen atoms in total. The molecule has 2 N–H and O–H groups in total. The summed E-state index contributed by atoms with van der Waals surface area (Å²) in [6.45, 7) is 0.171. The molecule has 0 spiro atoms. The Balaban J connectivity index is 1.38. The largest absolute Gasteiger partial charge is 0.480 e. The number of amides is 1. The number of benzene rings is 2. The first-order chi connectivity index (χ1) is 13.6. The van der Waals surface area contributed by atoms with Crippen molar-refractivity contribution in [2.45, 2.75) is 25.0 Å². The van der Waals surface area contributed by atoms with Crippen molar-refractivity contribution in [2.24, 2.45) is 5.16 Å². The molecule has 28 heavy (non-hydrogen) atoms. The maximum Gasteiger partial charge on any atom is 0.326 e. The van der Waals surface area contributed by atoms with Gasteiger partial charge in [-0.05, 0) is 23.8 Å². The summed E-state index contributed by atoms with van der Waals surface area (Å²) in [7, 11) is 0. The van der Waals surface area contributed by atoms with Crippen molar-refractivity contribution in [1.82, 2.24) is 5.32 Å². The van der Waals surface area contributed by atoms with Crippen molar-refractivity contribution >= 4 is 17.6 Å². The van der Waals surface area contributed by atoms with E-state index in [1.807, 2.05) is 36.4 Å². The Morgan fingerprint density at radius 3 is 2.71 bits per heavy atom. The highest BCUT2D eigenvalue weighted by atomic mass is 16.7. The summed E-state index contributed by atoms with van der Waals surface area (Å²) in [6, 6.07) is 13.4. The van der Waals surface area contributed by atoms with Crippen LogP contribution >= 0.6 is 0 Å². The van der Waals surface area contributed by atoms with Gasteiger partial charge in [-0.1, -0.05) is 35.5 Å². The van der Waals surface area contributed by atoms with Crippen LogP contribution in [0.3, 0.4) is 0 Å². The van der Waals surface area contributed by atoms with E-state index in [0.29, 0.717) is 17.2 Å². The van der Waals surface area contributed by atoms with E-state index < -0.39 is 24.0 Å². The summed E-state index contributed by atoms with van der Waals surface area (Å²) in [6.07, 6.45) is -0.453. The number of aliphatic carboxylic acids is 1. The Bertz CT molecular complexity index is 928. The topological polar surface area (TPSA) is 106 Å². The number of rotatable bonds is 6. The molecule has 0 saturated heterocycles. The van der Waals surface area contributed by atoms with E-state index in [1.54, 1.807) is 12.1 Å². The number of nitrogens with zero attached hydrogens (tertiary/aromatic N) is 1. The molecular weight excluding hydrogens is 364 g/mol. The van der Waals surface area contributed by atoms with E-state index in [4.69, 9.17) is 14.3 Å². The molecule has 8 heteroatoms. The van der Waals surface area contributed by atoms with Gasteiger partial charge in [0, 0.05) is 18.4 Å². The molecule has 4 rings (SSSR count). The van der Waals surface area contributed by atoms with E-state index in [1.165, 1.54) is 0 Å². The van der Waals surface area contributed by atoms with Crippen molar-refractivity contribution < 1.29 is 29.0 Å². The minimum Gasteiger partial charge on any atom is -0.480 e. The Kier molecular flexibility index (Phi) is 4.84. The lowest BCUT2D eigenvalue weighted by Gasteiger charge is -2.16. The van der Waals surface area contributed by atoms with Crippen LogP contribution in [0.5, 0.6) is 11.5 Å². The van der Waals surface area contributed by atoms with E-state index in [0.717, 1.165) is 11.1 Å². The van der Waals surface area contributed by atoms with Gasteiger partial charge in [-0.15, -0.1) is 0 Å². The molecule has 2 aromatic carbocycles. The van der Waals surface area contributed by atoms with Gasteiger partial charge in [-0.3, -0.25) is 4.79 Å². The second-order valence-electron chi connectivity index (χ2n) is 6.49. The second kappa shape index (κ2) is 7.59. The Morgan fingerprint density at radius 2 is 1.93 bits per heavy atom. The lowest BCUT2D eigenvalue weighted by Crippen LogP contribution is -2.46. The number of oxime groups is 1. The summed E-state index contributed by atoms with van der Waals surface area (Å²) < 4.78 is 10.6. The van der Waals surface area contributed by atoms with E-state index in [-0.39, 0.29) is 19.6 Å². The Labute approximate surface area is 160 Å². The quantitative estimate of drug-likeness (QED) is 0.788. The smallest absolute Gasteiger partial charge is 0.326 e. The molecule has 0 unspecified atom stereocenters. The van der Waals surface area contributed by atoms with Gasteiger partial charge in [0.25, 0.3) is 5.91 Å². The lowest BCUT2D eigenvalue weighted by molar-refractivity contribution is -0.143. The summed E-state index contributed by atoms with van der Waals surface area (Å²) in [4.78, 5) is 29.3. The first kappa shape index (κ1) is 17.8. The summed E-state index contributed by atoms with van der Waals surface area (Å²) in [5.74, 6) is -0.348. The number of hydrogen-bond donors (Lipinski definition) is 2. The number of carbonyl (C=O) groups is 2. The zero-order chi connectivity index (χ0) is 19.5. The number of fused-ring (bicyclic) bond motifs is 1. The van der Waals surface area contributed by atoms with Gasteiger partial charge >= 0.3 is 5.97 Å². The SMILES string of the molecule is O=C(O)[C@@H](Cc1ccccc1)NC(=O)[C@H]1CC(c2ccc3c(c2)OCO3)=NO1. The zero-order valence-electron chi connectivity index (χ0n) is 14.8. The van der Waals surface area contributed by atoms with E-state index >= 15 is 0 Å². The number of ether oxygens (including phenoxy) is 2. The zero-order valence-corrected chi connectivity index (χ0v) is 14.8. The number of nitrogens with one attached hydrogen (secondary N) is 1. The number of carboxylic acids is 1. The molecule has 0 radical (unpaired) electrons. The van der Waals surface area contributed by atoms with Gasteiger partial charge < -0.3 is 24.7 Å². The normalized spacial score (nSPS) is 18.1. The van der Waals surface area contributed by atoms with Crippen LogP contribution in [-0.2, 0) is 20.8 Å². The first-order valence-corrected chi connectivity index (χ1v) is 8.80. The average molecular weight is 382 g/mol. The standard InChI is InChI=1S/C20H18N2O6/c23-19(21-15(20(24)25)8-12-4-2-1-3-5-12)18-10-14(22-28-18)13-6-7-16-17(9-13)27-11-26-16/h1-7,9,15,18H,8,10-11H2,(H,21,23)(H,24,25)/t15-,18-/m1/s1. The monoisotopic (exact) mass is 382 g/mol. The van der Waals surface area contributed by atoms with Crippen molar-refractivity contribution in [3.8, 4) is 11.5 Å². The molecule has 2 aliphatic heterocycles. The average Bonchev–Trinajstić information content (AvgIpc) is 3.37. The fourth-order valence-corrected chi connectivity index (χ4v) is 3.08. The van der Waals surface area contributed by atoms with Gasteiger partial charge in [-0.25, -0.2) is 4.79 Å². The van der Waals surface area contributed by atoms with Crippen molar-refractivity contribution in [3.63, 3.8) is 0 Å². The third-order valence-electron chi connectivity index (χ3n) is 4.56. The van der Waals surface area contributed by atoms with E-state index in [2.05, 4.69) is 10.5 Å². The minimum atomic E-state index is -1.10.